The first-order chi connectivity index (χ1) is 8.99. The molecule has 0 saturated carbocycles. The summed E-state index contributed by atoms with van der Waals surface area (Å²) in [5.74, 6) is 0.915. The highest BCUT2D eigenvalue weighted by atomic mass is 16.5. The number of anilines is 1. The molecule has 1 aliphatic heterocycles. The molecule has 0 radical (unpaired) electrons. The van der Waals surface area contributed by atoms with Crippen molar-refractivity contribution >= 4 is 5.69 Å². The van der Waals surface area contributed by atoms with Crippen molar-refractivity contribution in [3.8, 4) is 5.75 Å². The minimum Gasteiger partial charge on any atom is -0.495 e. The first-order valence-corrected chi connectivity index (χ1v) is 6.80. The molecule has 4 nitrogen and oxygen atoms in total. The van der Waals surface area contributed by atoms with Crippen LogP contribution in [-0.2, 0) is 0 Å². The lowest BCUT2D eigenvalue weighted by Gasteiger charge is -2.52. The average molecular weight is 263 g/mol. The number of nitrogens with two attached hydrogens (primary N) is 1. The molecule has 1 heterocycles. The van der Waals surface area contributed by atoms with Crippen LogP contribution in [-0.4, -0.2) is 50.3 Å². The fourth-order valence-electron chi connectivity index (χ4n) is 3.27. The van der Waals surface area contributed by atoms with Crippen molar-refractivity contribution in [3.63, 3.8) is 0 Å². The summed E-state index contributed by atoms with van der Waals surface area (Å²) in [5, 5.41) is 0. The summed E-state index contributed by atoms with van der Waals surface area (Å²) in [7, 11) is 3.88. The van der Waals surface area contributed by atoms with Gasteiger partial charge in [0.25, 0.3) is 0 Å². The van der Waals surface area contributed by atoms with Gasteiger partial charge >= 0.3 is 0 Å². The third kappa shape index (κ3) is 2.69. The van der Waals surface area contributed by atoms with Gasteiger partial charge in [-0.25, -0.2) is 0 Å². The lowest BCUT2D eigenvalue weighted by atomic mass is 9.93. The summed E-state index contributed by atoms with van der Waals surface area (Å²) >= 11 is 0. The molecular weight excluding hydrogens is 238 g/mol. The number of para-hydroxylation sites is 2. The van der Waals surface area contributed by atoms with E-state index >= 15 is 0 Å². The molecule has 1 fully saturated rings. The number of hydrogen-bond acceptors (Lipinski definition) is 4. The van der Waals surface area contributed by atoms with Crippen LogP contribution in [0.1, 0.15) is 13.8 Å². The van der Waals surface area contributed by atoms with Crippen LogP contribution in [0.3, 0.4) is 0 Å². The van der Waals surface area contributed by atoms with Gasteiger partial charge in [-0.2, -0.15) is 0 Å². The normalized spacial score (nSPS) is 23.4. The van der Waals surface area contributed by atoms with Crippen LogP contribution < -0.4 is 15.4 Å². The Morgan fingerprint density at radius 1 is 1.37 bits per heavy atom. The van der Waals surface area contributed by atoms with Crippen molar-refractivity contribution in [1.29, 1.82) is 0 Å². The van der Waals surface area contributed by atoms with Gasteiger partial charge in [0, 0.05) is 25.2 Å². The summed E-state index contributed by atoms with van der Waals surface area (Å²) in [6.07, 6.45) is 0. The zero-order chi connectivity index (χ0) is 14.0. The number of benzene rings is 1. The van der Waals surface area contributed by atoms with E-state index in [1.165, 1.54) is 0 Å². The number of nitrogens with zero attached hydrogens (tertiary/aromatic N) is 2. The maximum absolute atomic E-state index is 6.00. The van der Waals surface area contributed by atoms with Gasteiger partial charge < -0.3 is 20.3 Å². The summed E-state index contributed by atoms with van der Waals surface area (Å²) in [6.45, 7) is 7.17. The van der Waals surface area contributed by atoms with Crippen molar-refractivity contribution in [3.05, 3.63) is 24.3 Å². The van der Waals surface area contributed by atoms with E-state index in [0.29, 0.717) is 12.6 Å². The second-order valence-electron chi connectivity index (χ2n) is 5.94. The second kappa shape index (κ2) is 5.39. The quantitative estimate of drug-likeness (QED) is 0.898. The minimum absolute atomic E-state index is 0.0334. The Hall–Kier alpha value is -1.26. The molecular formula is C15H25N3O. The lowest BCUT2D eigenvalue weighted by molar-refractivity contribution is 0.181. The second-order valence-corrected chi connectivity index (χ2v) is 5.94. The molecule has 0 aromatic heterocycles. The number of methoxy groups -OCH3 is 1. The zero-order valence-electron chi connectivity index (χ0n) is 12.4. The lowest BCUT2D eigenvalue weighted by Crippen LogP contribution is -2.65. The van der Waals surface area contributed by atoms with Gasteiger partial charge in [-0.15, -0.1) is 0 Å². The predicted octanol–water partition coefficient (Wildman–Crippen LogP) is 1.55. The number of hydrogen-bond donors (Lipinski definition) is 1. The van der Waals surface area contributed by atoms with E-state index in [0.717, 1.165) is 24.5 Å². The average Bonchev–Trinajstić information content (AvgIpc) is 2.36. The Balaban J connectivity index is 2.43. The Kier molecular flexibility index (Phi) is 4.02. The largest absolute Gasteiger partial charge is 0.495 e. The van der Waals surface area contributed by atoms with Gasteiger partial charge in [0.2, 0.25) is 0 Å². The molecule has 1 aliphatic rings. The van der Waals surface area contributed by atoms with Crippen molar-refractivity contribution < 1.29 is 4.74 Å². The Morgan fingerprint density at radius 2 is 2.05 bits per heavy atom. The van der Waals surface area contributed by atoms with Crippen molar-refractivity contribution in [1.82, 2.24) is 4.90 Å². The molecule has 0 amide bonds. The van der Waals surface area contributed by atoms with Gasteiger partial charge in [0.1, 0.15) is 5.75 Å². The topological polar surface area (TPSA) is 41.7 Å². The van der Waals surface area contributed by atoms with Crippen LogP contribution >= 0.6 is 0 Å². The molecule has 2 rings (SSSR count). The van der Waals surface area contributed by atoms with Crippen molar-refractivity contribution in [2.24, 2.45) is 5.73 Å². The van der Waals surface area contributed by atoms with Crippen LogP contribution in [0.4, 0.5) is 5.69 Å². The monoisotopic (exact) mass is 263 g/mol. The van der Waals surface area contributed by atoms with Crippen LogP contribution in [0.25, 0.3) is 0 Å². The van der Waals surface area contributed by atoms with Gasteiger partial charge in [0.05, 0.1) is 18.8 Å². The van der Waals surface area contributed by atoms with Crippen molar-refractivity contribution in [2.75, 3.05) is 38.7 Å². The molecule has 4 heteroatoms. The van der Waals surface area contributed by atoms with Gasteiger partial charge in [-0.3, -0.25) is 0 Å². The molecule has 1 aromatic rings. The Bertz CT molecular complexity index is 433. The zero-order valence-corrected chi connectivity index (χ0v) is 12.4. The third-order valence-corrected chi connectivity index (χ3v) is 3.81. The highest BCUT2D eigenvalue weighted by Gasteiger charge is 2.39. The van der Waals surface area contributed by atoms with E-state index in [1.807, 2.05) is 12.1 Å². The molecule has 2 N–H and O–H groups in total. The van der Waals surface area contributed by atoms with E-state index in [9.17, 15) is 0 Å². The third-order valence-electron chi connectivity index (χ3n) is 3.81. The molecule has 19 heavy (non-hydrogen) atoms. The predicted molar refractivity (Wildman–Crippen MR) is 79.9 cm³/mol. The van der Waals surface area contributed by atoms with E-state index < -0.39 is 0 Å². The van der Waals surface area contributed by atoms with E-state index in [1.54, 1.807) is 7.11 Å². The van der Waals surface area contributed by atoms with Crippen LogP contribution in [0.15, 0.2) is 24.3 Å². The van der Waals surface area contributed by atoms with Crippen LogP contribution in [0.5, 0.6) is 5.75 Å². The molecule has 0 bridgehead atoms. The molecule has 106 valence electrons. The summed E-state index contributed by atoms with van der Waals surface area (Å²) in [4.78, 5) is 4.77. The molecule has 1 aromatic carbocycles. The number of ether oxygens (including phenoxy) is 1. The molecule has 1 saturated heterocycles. The van der Waals surface area contributed by atoms with Gasteiger partial charge in [-0.1, -0.05) is 12.1 Å². The maximum Gasteiger partial charge on any atom is 0.142 e. The molecule has 0 aliphatic carbocycles. The minimum atomic E-state index is 0.0334. The fourth-order valence-corrected chi connectivity index (χ4v) is 3.27. The van der Waals surface area contributed by atoms with Gasteiger partial charge in [0.15, 0.2) is 0 Å². The standard InChI is InChI=1S/C15H25N3O/c1-15(2)11-17(3)10-12(9-16)18(15)13-7-5-6-8-14(13)19-4/h5-8,12H,9-11,16H2,1-4H3. The molecule has 0 spiro atoms. The van der Waals surface area contributed by atoms with Crippen LogP contribution in [0.2, 0.25) is 0 Å². The molecule has 1 atom stereocenters. The first kappa shape index (κ1) is 14.2. The number of piperazine rings is 1. The SMILES string of the molecule is COc1ccccc1N1C(CN)CN(C)CC1(C)C. The number of rotatable bonds is 3. The van der Waals surface area contributed by atoms with Crippen LogP contribution in [0, 0.1) is 0 Å². The highest BCUT2D eigenvalue weighted by Crippen LogP contribution is 2.36. The van der Waals surface area contributed by atoms with E-state index in [-0.39, 0.29) is 5.54 Å². The fraction of sp³-hybridized carbons (Fsp3) is 0.600. The summed E-state index contributed by atoms with van der Waals surface area (Å²) in [5.41, 5.74) is 7.17. The van der Waals surface area contributed by atoms with Crippen molar-refractivity contribution in [2.45, 2.75) is 25.4 Å². The smallest absolute Gasteiger partial charge is 0.142 e. The van der Waals surface area contributed by atoms with E-state index in [4.69, 9.17) is 10.5 Å². The van der Waals surface area contributed by atoms with Gasteiger partial charge in [-0.05, 0) is 33.0 Å². The maximum atomic E-state index is 6.00. The van der Waals surface area contributed by atoms with E-state index in [2.05, 4.69) is 42.8 Å². The molecule has 1 unspecified atom stereocenters. The number of likely N-dealkylation sites (N-methyl/N-ethyl adjacent to an activating group) is 1. The summed E-state index contributed by atoms with van der Waals surface area (Å²) in [6, 6.07) is 8.50. The Morgan fingerprint density at radius 3 is 2.68 bits per heavy atom. The Labute approximate surface area is 116 Å². The summed E-state index contributed by atoms with van der Waals surface area (Å²) < 4.78 is 5.52. The first-order valence-electron chi connectivity index (χ1n) is 6.80. The highest BCUT2D eigenvalue weighted by molar-refractivity contribution is 5.61.